The van der Waals surface area contributed by atoms with Gasteiger partial charge in [-0.05, 0) is 23.8 Å². The van der Waals surface area contributed by atoms with Crippen LogP contribution in [0.4, 0.5) is 13.2 Å². The third-order valence-electron chi connectivity index (χ3n) is 4.95. The molecule has 1 N–H and O–H groups in total. The van der Waals surface area contributed by atoms with Crippen molar-refractivity contribution >= 4 is 11.9 Å². The molecule has 2 aromatic rings. The lowest BCUT2D eigenvalue weighted by Gasteiger charge is -2.34. The van der Waals surface area contributed by atoms with Gasteiger partial charge < -0.3 is 19.5 Å². The van der Waals surface area contributed by atoms with Gasteiger partial charge >= 0.3 is 12.1 Å². The number of carboxylic acid groups (broad SMARTS) is 1. The monoisotopic (exact) mass is 456 g/mol. The van der Waals surface area contributed by atoms with Gasteiger partial charge in [0.1, 0.15) is 0 Å². The summed E-state index contributed by atoms with van der Waals surface area (Å²) in [6.45, 7) is 2.70. The Kier molecular flexibility index (Phi) is 6.92. The second kappa shape index (κ2) is 9.47. The third kappa shape index (κ3) is 5.69. The second-order valence-corrected chi connectivity index (χ2v) is 7.57. The number of ether oxygens (including phenoxy) is 2. The summed E-state index contributed by atoms with van der Waals surface area (Å²) in [6.07, 6.45) is -2.81. The zero-order valence-electron chi connectivity index (χ0n) is 17.5. The van der Waals surface area contributed by atoms with E-state index >= 15 is 0 Å². The molecule has 0 spiro atoms. The Morgan fingerprint density at radius 2 is 1.91 bits per heavy atom. The molecule has 2 aliphatic heterocycles. The van der Waals surface area contributed by atoms with Gasteiger partial charge in [-0.15, -0.1) is 0 Å². The van der Waals surface area contributed by atoms with Crippen molar-refractivity contribution in [1.29, 1.82) is 0 Å². The van der Waals surface area contributed by atoms with Crippen molar-refractivity contribution < 1.29 is 37.3 Å². The smallest absolute Gasteiger partial charge is 0.475 e. The van der Waals surface area contributed by atoms with Crippen molar-refractivity contribution in [2.24, 2.45) is 0 Å². The summed E-state index contributed by atoms with van der Waals surface area (Å²) in [5, 5.41) is 11.5. The number of rotatable bonds is 4. The van der Waals surface area contributed by atoms with Gasteiger partial charge in [-0.25, -0.2) is 4.79 Å². The average molecular weight is 456 g/mol. The molecule has 3 heterocycles. The molecule has 174 valence electrons. The van der Waals surface area contributed by atoms with Crippen molar-refractivity contribution in [2.45, 2.75) is 31.7 Å². The third-order valence-corrected chi connectivity index (χ3v) is 4.95. The van der Waals surface area contributed by atoms with Crippen LogP contribution in [0.15, 0.2) is 30.5 Å². The molecule has 0 bridgehead atoms. The normalized spacial score (nSPS) is 17.2. The lowest BCUT2D eigenvalue weighted by atomic mass is 10.1. The topological polar surface area (TPSA) is 97.1 Å². The minimum absolute atomic E-state index is 0.0580. The zero-order valence-corrected chi connectivity index (χ0v) is 17.5. The fourth-order valence-electron chi connectivity index (χ4n) is 3.42. The minimum Gasteiger partial charge on any atom is -0.475 e. The molecule has 12 heteroatoms. The zero-order chi connectivity index (χ0) is 23.5. The highest BCUT2D eigenvalue weighted by Crippen LogP contribution is 2.33. The summed E-state index contributed by atoms with van der Waals surface area (Å²) in [7, 11) is 3.58. The molecule has 1 unspecified atom stereocenters. The van der Waals surface area contributed by atoms with Gasteiger partial charge in [0.25, 0.3) is 0 Å². The number of nitrogens with zero attached hydrogens (tertiary/aromatic N) is 4. The van der Waals surface area contributed by atoms with Crippen molar-refractivity contribution in [3.63, 3.8) is 0 Å². The maximum atomic E-state index is 12.2. The van der Waals surface area contributed by atoms with Crippen LogP contribution in [-0.4, -0.2) is 70.2 Å². The van der Waals surface area contributed by atoms with Crippen molar-refractivity contribution in [3.8, 4) is 11.5 Å². The number of benzene rings is 1. The number of hydrogen-bond acceptors (Lipinski definition) is 6. The summed E-state index contributed by atoms with van der Waals surface area (Å²) in [5.41, 5.74) is 2.32. The number of aliphatic carboxylic acids is 1. The highest BCUT2D eigenvalue weighted by molar-refractivity contribution is 5.76. The Morgan fingerprint density at radius 3 is 2.56 bits per heavy atom. The number of carbonyl (C=O) groups excluding carboxylic acids is 1. The summed E-state index contributed by atoms with van der Waals surface area (Å²) in [6, 6.07) is 8.15. The highest BCUT2D eigenvalue weighted by atomic mass is 19.4. The molecule has 1 amide bonds. The maximum absolute atomic E-state index is 12.2. The number of alkyl halides is 3. The maximum Gasteiger partial charge on any atom is 0.490 e. The minimum atomic E-state index is -5.08. The number of aromatic nitrogens is 2. The molecule has 0 fully saturated rings. The van der Waals surface area contributed by atoms with Gasteiger partial charge in [-0.2, -0.15) is 18.3 Å². The Labute approximate surface area is 181 Å². The summed E-state index contributed by atoms with van der Waals surface area (Å²) < 4.78 is 44.6. The van der Waals surface area contributed by atoms with Gasteiger partial charge in [-0.3, -0.25) is 14.4 Å². The predicted molar refractivity (Wildman–Crippen MR) is 105 cm³/mol. The first-order valence-corrected chi connectivity index (χ1v) is 9.68. The Bertz CT molecular complexity index is 976. The van der Waals surface area contributed by atoms with E-state index in [4.69, 9.17) is 19.4 Å². The van der Waals surface area contributed by atoms with E-state index in [0.717, 1.165) is 36.8 Å². The molecule has 1 aromatic heterocycles. The van der Waals surface area contributed by atoms with Crippen LogP contribution in [-0.2, 0) is 22.7 Å². The fourth-order valence-corrected chi connectivity index (χ4v) is 3.42. The lowest BCUT2D eigenvalue weighted by molar-refractivity contribution is -0.192. The highest BCUT2D eigenvalue weighted by Gasteiger charge is 2.38. The van der Waals surface area contributed by atoms with Crippen LogP contribution < -0.4 is 9.47 Å². The summed E-state index contributed by atoms with van der Waals surface area (Å²) in [4.78, 5) is 25.1. The number of fused-ring (bicyclic) bond motifs is 2. The molecule has 4 rings (SSSR count). The van der Waals surface area contributed by atoms with Crippen LogP contribution in [0.2, 0.25) is 0 Å². The van der Waals surface area contributed by atoms with E-state index in [-0.39, 0.29) is 18.7 Å². The van der Waals surface area contributed by atoms with E-state index in [1.807, 2.05) is 29.1 Å². The Morgan fingerprint density at radius 1 is 1.22 bits per heavy atom. The fraction of sp³-hybridized carbons (Fsp3) is 0.450. The van der Waals surface area contributed by atoms with E-state index in [9.17, 15) is 18.0 Å². The van der Waals surface area contributed by atoms with Gasteiger partial charge in [0.15, 0.2) is 11.5 Å². The average Bonchev–Trinajstić information content (AvgIpc) is 3.36. The molecule has 2 aliphatic rings. The number of halogens is 3. The van der Waals surface area contributed by atoms with Crippen LogP contribution in [0, 0.1) is 0 Å². The molecule has 32 heavy (non-hydrogen) atoms. The molecule has 1 atom stereocenters. The Balaban J connectivity index is 0.000000360. The van der Waals surface area contributed by atoms with Gasteiger partial charge in [0.05, 0.1) is 18.2 Å². The molecular formula is C20H23F3N4O5. The molecule has 0 radical (unpaired) electrons. The summed E-state index contributed by atoms with van der Waals surface area (Å²) >= 11 is 0. The van der Waals surface area contributed by atoms with Crippen LogP contribution in [0.3, 0.4) is 0 Å². The quantitative estimate of drug-likeness (QED) is 0.754. The molecule has 0 saturated carbocycles. The molecule has 0 aliphatic carbocycles. The summed E-state index contributed by atoms with van der Waals surface area (Å²) in [5.74, 6) is -1.03. The molecular weight excluding hydrogens is 433 g/mol. The van der Waals surface area contributed by atoms with Crippen LogP contribution >= 0.6 is 0 Å². The molecule has 1 aromatic carbocycles. The van der Waals surface area contributed by atoms with Crippen molar-refractivity contribution in [3.05, 3.63) is 41.7 Å². The van der Waals surface area contributed by atoms with Crippen LogP contribution in [0.1, 0.15) is 23.7 Å². The second-order valence-electron chi connectivity index (χ2n) is 7.57. The number of amides is 1. The van der Waals surface area contributed by atoms with E-state index in [2.05, 4.69) is 16.1 Å². The van der Waals surface area contributed by atoms with Gasteiger partial charge in [0, 0.05) is 39.9 Å². The Hall–Kier alpha value is -3.28. The number of carboxylic acids is 1. The van der Waals surface area contributed by atoms with E-state index < -0.39 is 12.1 Å². The van der Waals surface area contributed by atoms with Gasteiger partial charge in [-0.1, -0.05) is 6.07 Å². The molecule has 0 saturated heterocycles. The SMILES string of the molecule is CN(C)C(=O)CC1CN(Cc2ccc3c(c2)OCO3)Cc2ccnn21.O=C(O)C(F)(F)F. The van der Waals surface area contributed by atoms with E-state index in [1.165, 1.54) is 5.56 Å². The van der Waals surface area contributed by atoms with Crippen molar-refractivity contribution in [1.82, 2.24) is 19.6 Å². The first-order valence-electron chi connectivity index (χ1n) is 9.68. The largest absolute Gasteiger partial charge is 0.490 e. The lowest BCUT2D eigenvalue weighted by Crippen LogP contribution is -2.39. The first-order chi connectivity index (χ1) is 15.0. The van der Waals surface area contributed by atoms with Crippen molar-refractivity contribution in [2.75, 3.05) is 27.4 Å². The first kappa shape index (κ1) is 23.4. The number of carbonyl (C=O) groups is 2. The molecule has 9 nitrogen and oxygen atoms in total. The van der Waals surface area contributed by atoms with Crippen LogP contribution in [0.25, 0.3) is 0 Å². The number of hydrogen-bond donors (Lipinski definition) is 1. The predicted octanol–water partition coefficient (Wildman–Crippen LogP) is 2.28. The van der Waals surface area contributed by atoms with Gasteiger partial charge in [0.2, 0.25) is 12.7 Å². The standard InChI is InChI=1S/C18H22N4O3.C2HF3O2/c1-20(2)18(23)8-15-11-21(10-14-5-6-19-22(14)15)9-13-3-4-16-17(7-13)25-12-24-16;3-2(4,5)1(6)7/h3-7,15H,8-12H2,1-2H3;(H,6,7). The van der Waals surface area contributed by atoms with E-state index in [0.29, 0.717) is 6.42 Å². The van der Waals surface area contributed by atoms with Crippen LogP contribution in [0.5, 0.6) is 11.5 Å². The van der Waals surface area contributed by atoms with E-state index in [1.54, 1.807) is 19.0 Å².